The molecule has 0 atom stereocenters. The van der Waals surface area contributed by atoms with Crippen molar-refractivity contribution in [2.45, 2.75) is 26.7 Å². The van der Waals surface area contributed by atoms with Crippen LogP contribution < -0.4 is 0 Å². The van der Waals surface area contributed by atoms with Gasteiger partial charge in [0.1, 0.15) is 0 Å². The van der Waals surface area contributed by atoms with Gasteiger partial charge in [-0.3, -0.25) is 0 Å². The van der Waals surface area contributed by atoms with Crippen molar-refractivity contribution in [2.75, 3.05) is 0 Å². The molecule has 1 rings (SSSR count). The molecule has 0 saturated carbocycles. The van der Waals surface area contributed by atoms with Crippen LogP contribution in [0.15, 0.2) is 12.1 Å². The molecular formula is C10H12Cl2. The molecule has 1 aromatic carbocycles. The number of hydrogen-bond donors (Lipinski definition) is 0. The Bertz CT molecular complexity index is 290. The fraction of sp³-hybridized carbons (Fsp3) is 0.400. The van der Waals surface area contributed by atoms with E-state index in [9.17, 15) is 0 Å². The maximum atomic E-state index is 5.98. The Labute approximate surface area is 83.5 Å². The molecule has 66 valence electrons. The lowest BCUT2D eigenvalue weighted by molar-refractivity contribution is 0.857. The highest BCUT2D eigenvalue weighted by Gasteiger charge is 2.07. The minimum absolute atomic E-state index is 0.473. The lowest BCUT2D eigenvalue weighted by atomic mass is 9.98. The average molecular weight is 203 g/mol. The van der Waals surface area contributed by atoms with Gasteiger partial charge in [0.2, 0.25) is 0 Å². The summed E-state index contributed by atoms with van der Waals surface area (Å²) in [5.41, 5.74) is 2.36. The minimum Gasteiger partial charge on any atom is -0.0843 e. The first-order valence-corrected chi connectivity index (χ1v) is 4.73. The van der Waals surface area contributed by atoms with Crippen LogP contribution in [0.25, 0.3) is 0 Å². The van der Waals surface area contributed by atoms with Crippen LogP contribution in [0.3, 0.4) is 0 Å². The first kappa shape index (κ1) is 9.88. The van der Waals surface area contributed by atoms with Crippen LogP contribution in [-0.4, -0.2) is 0 Å². The summed E-state index contributed by atoms with van der Waals surface area (Å²) in [4.78, 5) is 0. The van der Waals surface area contributed by atoms with Crippen molar-refractivity contribution in [3.05, 3.63) is 33.3 Å². The van der Waals surface area contributed by atoms with E-state index in [-0.39, 0.29) is 0 Å². The quantitative estimate of drug-likeness (QED) is 0.633. The molecule has 0 nitrogen and oxygen atoms in total. The number of halogens is 2. The predicted molar refractivity (Wildman–Crippen MR) is 55.3 cm³/mol. The lowest BCUT2D eigenvalue weighted by Crippen LogP contribution is -1.92. The molecule has 0 aromatic heterocycles. The van der Waals surface area contributed by atoms with Crippen LogP contribution in [0.2, 0.25) is 10.0 Å². The van der Waals surface area contributed by atoms with E-state index >= 15 is 0 Å². The molecule has 0 spiro atoms. The second-order valence-electron chi connectivity index (χ2n) is 3.26. The number of benzene rings is 1. The van der Waals surface area contributed by atoms with Gasteiger partial charge in [0.15, 0.2) is 0 Å². The van der Waals surface area contributed by atoms with E-state index in [1.165, 1.54) is 5.56 Å². The Kier molecular flexibility index (Phi) is 3.03. The molecule has 0 bridgehead atoms. The standard InChI is InChI=1S/C10H12Cl2/c1-6(2)9-4-8(11)5-10(12)7(9)3/h4-6H,1-3H3. The van der Waals surface area contributed by atoms with Crippen LogP contribution in [0.4, 0.5) is 0 Å². The van der Waals surface area contributed by atoms with Gasteiger partial charge in [0.05, 0.1) is 0 Å². The van der Waals surface area contributed by atoms with E-state index in [1.807, 2.05) is 13.0 Å². The van der Waals surface area contributed by atoms with Gasteiger partial charge in [-0.25, -0.2) is 0 Å². The van der Waals surface area contributed by atoms with Crippen LogP contribution >= 0.6 is 23.2 Å². The monoisotopic (exact) mass is 202 g/mol. The maximum absolute atomic E-state index is 5.98. The Morgan fingerprint density at radius 2 is 1.75 bits per heavy atom. The lowest BCUT2D eigenvalue weighted by Gasteiger charge is -2.11. The van der Waals surface area contributed by atoms with Crippen molar-refractivity contribution in [1.82, 2.24) is 0 Å². The Morgan fingerprint density at radius 1 is 1.17 bits per heavy atom. The molecular weight excluding hydrogens is 191 g/mol. The van der Waals surface area contributed by atoms with Gasteiger partial charge in [-0.05, 0) is 36.1 Å². The van der Waals surface area contributed by atoms with Gasteiger partial charge in [-0.2, -0.15) is 0 Å². The van der Waals surface area contributed by atoms with Crippen molar-refractivity contribution < 1.29 is 0 Å². The van der Waals surface area contributed by atoms with E-state index in [2.05, 4.69) is 13.8 Å². The second kappa shape index (κ2) is 3.68. The highest BCUT2D eigenvalue weighted by Crippen LogP contribution is 2.29. The van der Waals surface area contributed by atoms with E-state index in [0.717, 1.165) is 10.6 Å². The summed E-state index contributed by atoms with van der Waals surface area (Å²) in [7, 11) is 0. The zero-order valence-electron chi connectivity index (χ0n) is 7.49. The summed E-state index contributed by atoms with van der Waals surface area (Å²) in [6, 6.07) is 3.76. The summed E-state index contributed by atoms with van der Waals surface area (Å²) in [6.07, 6.45) is 0. The first-order chi connectivity index (χ1) is 5.52. The smallest absolute Gasteiger partial charge is 0.0452 e. The topological polar surface area (TPSA) is 0 Å². The molecule has 0 aliphatic heterocycles. The van der Waals surface area contributed by atoms with Gasteiger partial charge in [-0.15, -0.1) is 0 Å². The Balaban J connectivity index is 3.28. The maximum Gasteiger partial charge on any atom is 0.0452 e. The second-order valence-corrected chi connectivity index (χ2v) is 4.10. The molecule has 0 N–H and O–H groups in total. The van der Waals surface area contributed by atoms with Gasteiger partial charge in [0.25, 0.3) is 0 Å². The van der Waals surface area contributed by atoms with E-state index in [0.29, 0.717) is 10.9 Å². The van der Waals surface area contributed by atoms with Crippen LogP contribution in [-0.2, 0) is 0 Å². The Hall–Kier alpha value is -0.200. The predicted octanol–water partition coefficient (Wildman–Crippen LogP) is 4.43. The zero-order chi connectivity index (χ0) is 9.30. The summed E-state index contributed by atoms with van der Waals surface area (Å²) in [6.45, 7) is 6.29. The molecule has 0 saturated heterocycles. The average Bonchev–Trinajstić information content (AvgIpc) is 1.96. The van der Waals surface area contributed by atoms with Crippen molar-refractivity contribution >= 4 is 23.2 Å². The van der Waals surface area contributed by atoms with Crippen molar-refractivity contribution in [3.8, 4) is 0 Å². The summed E-state index contributed by atoms with van der Waals surface area (Å²) in [5.74, 6) is 0.473. The van der Waals surface area contributed by atoms with Gasteiger partial charge >= 0.3 is 0 Å². The van der Waals surface area contributed by atoms with Crippen molar-refractivity contribution in [1.29, 1.82) is 0 Å². The van der Waals surface area contributed by atoms with Gasteiger partial charge in [-0.1, -0.05) is 37.0 Å². The molecule has 12 heavy (non-hydrogen) atoms. The third kappa shape index (κ3) is 1.94. The van der Waals surface area contributed by atoms with Gasteiger partial charge in [0, 0.05) is 10.0 Å². The highest BCUT2D eigenvalue weighted by atomic mass is 35.5. The largest absolute Gasteiger partial charge is 0.0843 e. The first-order valence-electron chi connectivity index (χ1n) is 3.98. The fourth-order valence-corrected chi connectivity index (χ4v) is 1.77. The molecule has 1 aromatic rings. The molecule has 0 aliphatic rings. The molecule has 2 heteroatoms. The number of rotatable bonds is 1. The summed E-state index contributed by atoms with van der Waals surface area (Å²) in [5, 5.41) is 1.47. The molecule has 0 unspecified atom stereocenters. The van der Waals surface area contributed by atoms with Crippen LogP contribution in [0, 0.1) is 6.92 Å². The third-order valence-corrected chi connectivity index (χ3v) is 2.58. The summed E-state index contributed by atoms with van der Waals surface area (Å²) < 4.78 is 0. The summed E-state index contributed by atoms with van der Waals surface area (Å²) >= 11 is 11.9. The normalized spacial score (nSPS) is 10.8. The van der Waals surface area contributed by atoms with E-state index < -0.39 is 0 Å². The fourth-order valence-electron chi connectivity index (χ4n) is 1.27. The van der Waals surface area contributed by atoms with E-state index in [1.54, 1.807) is 6.07 Å². The molecule has 0 radical (unpaired) electrons. The third-order valence-electron chi connectivity index (χ3n) is 1.97. The van der Waals surface area contributed by atoms with Crippen molar-refractivity contribution in [2.24, 2.45) is 0 Å². The van der Waals surface area contributed by atoms with Crippen molar-refractivity contribution in [3.63, 3.8) is 0 Å². The van der Waals surface area contributed by atoms with Crippen LogP contribution in [0.1, 0.15) is 30.9 Å². The van der Waals surface area contributed by atoms with Gasteiger partial charge < -0.3 is 0 Å². The molecule has 0 amide bonds. The van der Waals surface area contributed by atoms with E-state index in [4.69, 9.17) is 23.2 Å². The molecule has 0 aliphatic carbocycles. The minimum atomic E-state index is 0.473. The highest BCUT2D eigenvalue weighted by molar-refractivity contribution is 6.35. The molecule has 0 heterocycles. The molecule has 0 fully saturated rings. The zero-order valence-corrected chi connectivity index (χ0v) is 9.00. The van der Waals surface area contributed by atoms with Crippen LogP contribution in [0.5, 0.6) is 0 Å². The Morgan fingerprint density at radius 3 is 2.25 bits per heavy atom. The number of hydrogen-bond acceptors (Lipinski definition) is 0. The SMILES string of the molecule is Cc1c(Cl)cc(Cl)cc1C(C)C.